The quantitative estimate of drug-likeness (QED) is 0.153. The number of nitrogens with zero attached hydrogens (tertiary/aromatic N) is 6. The van der Waals surface area contributed by atoms with E-state index in [2.05, 4.69) is 64.0 Å². The highest BCUT2D eigenvalue weighted by Gasteiger charge is 2.20. The maximum Gasteiger partial charge on any atom is 0.0793 e. The van der Waals surface area contributed by atoms with Crippen LogP contribution in [0.5, 0.6) is 0 Å². The van der Waals surface area contributed by atoms with E-state index in [4.69, 9.17) is 0 Å². The lowest BCUT2D eigenvalue weighted by molar-refractivity contribution is 0.0432. The highest BCUT2D eigenvalue weighted by Crippen LogP contribution is 2.08. The molecular weight excluding hydrogens is 492 g/mol. The van der Waals surface area contributed by atoms with Crippen molar-refractivity contribution in [3.05, 3.63) is 0 Å². The molecule has 0 amide bonds. The van der Waals surface area contributed by atoms with Crippen LogP contribution in [-0.2, 0) is 0 Å². The minimum Gasteiger partial charge on any atom is -0.392 e. The molecule has 3 N–H and O–H groups in total. The van der Waals surface area contributed by atoms with E-state index in [1.807, 2.05) is 35.2 Å². The topological polar surface area (TPSA) is 80.1 Å². The van der Waals surface area contributed by atoms with Crippen LogP contribution >= 0.6 is 0 Å². The van der Waals surface area contributed by atoms with E-state index < -0.39 is 12.2 Å². The Labute approximate surface area is 242 Å². The molecule has 0 aromatic carbocycles. The number of rotatable bonds is 25. The number of hydrogen-bond acceptors (Lipinski definition) is 9. The summed E-state index contributed by atoms with van der Waals surface area (Å²) < 4.78 is 0. The summed E-state index contributed by atoms with van der Waals surface area (Å²) in [4.78, 5) is 13.5. The van der Waals surface area contributed by atoms with Gasteiger partial charge in [0.25, 0.3) is 0 Å². The van der Waals surface area contributed by atoms with Gasteiger partial charge in [-0.15, -0.1) is 0 Å². The van der Waals surface area contributed by atoms with Gasteiger partial charge >= 0.3 is 0 Å². The van der Waals surface area contributed by atoms with E-state index in [1.54, 1.807) is 0 Å². The van der Waals surface area contributed by atoms with Gasteiger partial charge in [0.05, 0.1) is 18.3 Å². The van der Waals surface area contributed by atoms with Gasteiger partial charge in [0.1, 0.15) is 0 Å². The predicted octanol–water partition coefficient (Wildman–Crippen LogP) is 1.28. The van der Waals surface area contributed by atoms with Crippen LogP contribution in [0.2, 0.25) is 0 Å². The molecule has 0 spiro atoms. The van der Waals surface area contributed by atoms with Crippen LogP contribution < -0.4 is 0 Å². The Hall–Kier alpha value is -0.360. The molecule has 0 aliphatic rings. The van der Waals surface area contributed by atoms with Gasteiger partial charge in [-0.1, -0.05) is 20.8 Å². The van der Waals surface area contributed by atoms with Crippen LogP contribution in [0.1, 0.15) is 53.9 Å². The Morgan fingerprint density at radius 3 is 1.49 bits per heavy atom. The minimum absolute atomic E-state index is 0.319. The van der Waals surface area contributed by atoms with Crippen molar-refractivity contribution < 1.29 is 15.3 Å². The Bertz CT molecular complexity index is 567. The third-order valence-corrected chi connectivity index (χ3v) is 7.45. The van der Waals surface area contributed by atoms with Crippen LogP contribution in [0.15, 0.2) is 0 Å². The van der Waals surface area contributed by atoms with Crippen molar-refractivity contribution in [3.63, 3.8) is 0 Å². The first-order valence-electron chi connectivity index (χ1n) is 15.4. The number of aliphatic hydroxyl groups is 3. The number of hydrogen-bond donors (Lipinski definition) is 3. The summed E-state index contributed by atoms with van der Waals surface area (Å²) in [6.07, 6.45) is 1.48. The van der Waals surface area contributed by atoms with Crippen molar-refractivity contribution in [2.75, 3.05) is 114 Å². The normalized spacial score (nSPS) is 15.3. The van der Waals surface area contributed by atoms with E-state index >= 15 is 0 Å². The second-order valence-corrected chi connectivity index (χ2v) is 12.9. The molecule has 0 heterocycles. The molecule has 0 aromatic heterocycles. The van der Waals surface area contributed by atoms with E-state index in [-0.39, 0.29) is 6.10 Å². The van der Waals surface area contributed by atoms with Crippen molar-refractivity contribution in [2.45, 2.75) is 78.2 Å². The second kappa shape index (κ2) is 22.3. The van der Waals surface area contributed by atoms with Gasteiger partial charge in [-0.2, -0.15) is 0 Å². The van der Waals surface area contributed by atoms with Gasteiger partial charge in [0.2, 0.25) is 0 Å². The van der Waals surface area contributed by atoms with Gasteiger partial charge < -0.3 is 34.9 Å². The molecule has 3 unspecified atom stereocenters. The van der Waals surface area contributed by atoms with Crippen molar-refractivity contribution in [2.24, 2.45) is 5.92 Å². The Morgan fingerprint density at radius 1 is 0.513 bits per heavy atom. The molecule has 39 heavy (non-hydrogen) atoms. The molecule has 0 saturated carbocycles. The highest BCUT2D eigenvalue weighted by atomic mass is 16.3. The van der Waals surface area contributed by atoms with Crippen molar-refractivity contribution in [1.29, 1.82) is 0 Å². The third kappa shape index (κ3) is 22.0. The Balaban J connectivity index is 5.26. The lowest BCUT2D eigenvalue weighted by Gasteiger charge is -2.34. The summed E-state index contributed by atoms with van der Waals surface area (Å²) in [5.74, 6) is 0.636. The predicted molar refractivity (Wildman–Crippen MR) is 167 cm³/mol. The van der Waals surface area contributed by atoms with E-state index in [0.29, 0.717) is 38.1 Å². The third-order valence-electron chi connectivity index (χ3n) is 7.45. The molecule has 236 valence electrons. The molecule has 0 saturated heterocycles. The molecular formula is C30H68N6O3. The van der Waals surface area contributed by atoms with Gasteiger partial charge in [0.15, 0.2) is 0 Å². The first-order valence-corrected chi connectivity index (χ1v) is 15.4. The summed E-state index contributed by atoms with van der Waals surface area (Å²) in [7, 11) is 10.2. The summed E-state index contributed by atoms with van der Waals surface area (Å²) in [5, 5.41) is 32.1. The van der Waals surface area contributed by atoms with Gasteiger partial charge in [-0.05, 0) is 87.4 Å². The fourth-order valence-corrected chi connectivity index (χ4v) is 4.56. The summed E-state index contributed by atoms with van der Waals surface area (Å²) in [6, 6.07) is 0.375. The molecule has 9 heteroatoms. The lowest BCUT2D eigenvalue weighted by atomic mass is 10.1. The van der Waals surface area contributed by atoms with Crippen LogP contribution in [0.4, 0.5) is 0 Å². The first kappa shape index (κ1) is 38.6. The smallest absolute Gasteiger partial charge is 0.0793 e. The monoisotopic (exact) mass is 561 g/mol. The maximum absolute atomic E-state index is 10.8. The largest absolute Gasteiger partial charge is 0.392 e. The van der Waals surface area contributed by atoms with Crippen LogP contribution in [0.25, 0.3) is 0 Å². The average molecular weight is 561 g/mol. The number of aliphatic hydroxyl groups excluding tert-OH is 3. The average Bonchev–Trinajstić information content (AvgIpc) is 2.84. The molecule has 0 aromatic rings. The summed E-state index contributed by atoms with van der Waals surface area (Å²) in [6.45, 7) is 20.8. The zero-order valence-corrected chi connectivity index (χ0v) is 27.5. The SMILES string of the molecule is CCN(C)CC(O)CN(CCN(CCC(C)C)CCN(CC(O)CCN(C)C)C(C)C)CC(O)CCN(C)C. The van der Waals surface area contributed by atoms with Crippen molar-refractivity contribution in [1.82, 2.24) is 29.4 Å². The van der Waals surface area contributed by atoms with Gasteiger partial charge in [-0.25, -0.2) is 0 Å². The zero-order valence-electron chi connectivity index (χ0n) is 27.5. The maximum atomic E-state index is 10.8. The first-order chi connectivity index (χ1) is 18.2. The van der Waals surface area contributed by atoms with E-state index in [9.17, 15) is 15.3 Å². The van der Waals surface area contributed by atoms with Crippen molar-refractivity contribution in [3.8, 4) is 0 Å². The van der Waals surface area contributed by atoms with Crippen molar-refractivity contribution >= 4 is 0 Å². The highest BCUT2D eigenvalue weighted by molar-refractivity contribution is 4.75. The molecule has 0 aliphatic heterocycles. The fourth-order valence-electron chi connectivity index (χ4n) is 4.56. The van der Waals surface area contributed by atoms with E-state index in [1.165, 1.54) is 0 Å². The Kier molecular flexibility index (Phi) is 22.1. The molecule has 9 nitrogen and oxygen atoms in total. The van der Waals surface area contributed by atoms with E-state index in [0.717, 1.165) is 71.6 Å². The molecule has 0 bridgehead atoms. The van der Waals surface area contributed by atoms with Crippen LogP contribution in [-0.4, -0.2) is 183 Å². The fraction of sp³-hybridized carbons (Fsp3) is 1.00. The summed E-state index contributed by atoms with van der Waals surface area (Å²) in [5.41, 5.74) is 0. The molecule has 0 rings (SSSR count). The Morgan fingerprint density at radius 2 is 1.00 bits per heavy atom. The second-order valence-electron chi connectivity index (χ2n) is 12.9. The molecule has 3 atom stereocenters. The zero-order chi connectivity index (χ0) is 30.0. The number of likely N-dealkylation sites (N-methyl/N-ethyl adjacent to an activating group) is 1. The molecule has 0 aliphatic carbocycles. The van der Waals surface area contributed by atoms with Crippen LogP contribution in [0.3, 0.4) is 0 Å². The summed E-state index contributed by atoms with van der Waals surface area (Å²) >= 11 is 0. The molecule has 0 radical (unpaired) electrons. The molecule has 0 fully saturated rings. The van der Waals surface area contributed by atoms with Gasteiger partial charge in [-0.3, -0.25) is 9.80 Å². The lowest BCUT2D eigenvalue weighted by Crippen LogP contribution is -2.47. The minimum atomic E-state index is -0.444. The van der Waals surface area contributed by atoms with Crippen LogP contribution in [0, 0.1) is 5.92 Å². The van der Waals surface area contributed by atoms with Gasteiger partial charge in [0, 0.05) is 71.5 Å². The standard InChI is InChI=1S/C30H68N6O3/c1-11-33(10)22-30(39)24-35(23-28(37)13-15-31(6)7)19-18-34(17-12-26(2)3)20-21-36(27(4)5)25-29(38)14-16-32(8)9/h26-30,37-39H,11-25H2,1-10H3.